The number of methoxy groups -OCH3 is 1. The van der Waals surface area contributed by atoms with Crippen molar-refractivity contribution >= 4 is 23.0 Å². The van der Waals surface area contributed by atoms with Crippen molar-refractivity contribution in [2.24, 2.45) is 5.92 Å². The first-order valence-electron chi connectivity index (χ1n) is 8.63. The highest BCUT2D eigenvalue weighted by Gasteiger charge is 2.09. The fourth-order valence-electron chi connectivity index (χ4n) is 1.53. The molecule has 1 aromatic rings. The molecule has 0 fully saturated rings. The molecule has 0 unspecified atom stereocenters. The summed E-state index contributed by atoms with van der Waals surface area (Å²) in [6, 6.07) is 5.56. The maximum Gasteiger partial charge on any atom is 0.223 e. The smallest absolute Gasteiger partial charge is 0.223 e. The first-order valence-corrected chi connectivity index (χ1v) is 8.63. The zero-order valence-electron chi connectivity index (χ0n) is 16.8. The van der Waals surface area contributed by atoms with E-state index >= 15 is 0 Å². The van der Waals surface area contributed by atoms with E-state index in [1.807, 2.05) is 33.0 Å². The van der Waals surface area contributed by atoms with E-state index in [9.17, 15) is 4.79 Å². The molecule has 140 valence electrons. The quantitative estimate of drug-likeness (QED) is 0.781. The van der Waals surface area contributed by atoms with Crippen LogP contribution in [0.1, 0.15) is 48.0 Å². The Balaban J connectivity index is 0. The standard InChI is InChI=1S/C11H17N3O.C5H12.C3H8O/c1-4-14(8(2)15)9-5-6-11(13-3)10(12)7-9;1-4-5(2)3;1-3-4-2/h5-7,13H,4,12H2,1-3H3;5H,4H2,1-3H3;3H2,1-2H3. The van der Waals surface area contributed by atoms with Crippen LogP contribution in [0.4, 0.5) is 17.1 Å². The summed E-state index contributed by atoms with van der Waals surface area (Å²) in [7, 11) is 3.49. The number of ether oxygens (including phenoxy) is 1. The zero-order chi connectivity index (χ0) is 19.1. The fourth-order valence-corrected chi connectivity index (χ4v) is 1.53. The van der Waals surface area contributed by atoms with Crippen LogP contribution in [-0.2, 0) is 9.53 Å². The molecule has 0 aliphatic rings. The fraction of sp³-hybridized carbons (Fsp3) is 0.632. The molecule has 0 heterocycles. The summed E-state index contributed by atoms with van der Waals surface area (Å²) in [5.74, 6) is 0.907. The molecular formula is C19H37N3O2. The molecule has 0 aromatic heterocycles. The van der Waals surface area contributed by atoms with Crippen LogP contribution >= 0.6 is 0 Å². The Labute approximate surface area is 148 Å². The van der Waals surface area contributed by atoms with E-state index in [1.54, 1.807) is 25.0 Å². The van der Waals surface area contributed by atoms with Gasteiger partial charge < -0.3 is 20.7 Å². The Bertz CT molecular complexity index is 446. The van der Waals surface area contributed by atoms with Gasteiger partial charge in [-0.3, -0.25) is 4.79 Å². The van der Waals surface area contributed by atoms with E-state index in [2.05, 4.69) is 30.8 Å². The summed E-state index contributed by atoms with van der Waals surface area (Å²) in [5.41, 5.74) is 8.18. The van der Waals surface area contributed by atoms with Crippen molar-refractivity contribution < 1.29 is 9.53 Å². The second kappa shape index (κ2) is 14.8. The minimum absolute atomic E-state index is 0.0223. The monoisotopic (exact) mass is 339 g/mol. The highest BCUT2D eigenvalue weighted by atomic mass is 16.5. The van der Waals surface area contributed by atoms with Crippen LogP contribution in [0.3, 0.4) is 0 Å². The van der Waals surface area contributed by atoms with E-state index < -0.39 is 0 Å². The number of nitrogens with two attached hydrogens (primary N) is 1. The third-order valence-corrected chi connectivity index (χ3v) is 3.42. The first-order chi connectivity index (χ1) is 11.3. The van der Waals surface area contributed by atoms with Gasteiger partial charge in [0.05, 0.1) is 11.4 Å². The molecule has 0 bridgehead atoms. The number of amides is 1. The number of anilines is 3. The average Bonchev–Trinajstić information content (AvgIpc) is 2.56. The molecule has 1 amide bonds. The summed E-state index contributed by atoms with van der Waals surface area (Å²) in [6.45, 7) is 13.5. The van der Waals surface area contributed by atoms with Crippen LogP contribution in [0, 0.1) is 5.92 Å². The van der Waals surface area contributed by atoms with Gasteiger partial charge in [0.25, 0.3) is 0 Å². The lowest BCUT2D eigenvalue weighted by Crippen LogP contribution is -2.27. The first kappa shape index (κ1) is 24.5. The maximum absolute atomic E-state index is 11.3. The normalized spacial score (nSPS) is 9.38. The van der Waals surface area contributed by atoms with Gasteiger partial charge in [-0.2, -0.15) is 0 Å². The molecule has 5 nitrogen and oxygen atoms in total. The highest BCUT2D eigenvalue weighted by molar-refractivity contribution is 5.92. The van der Waals surface area contributed by atoms with E-state index in [0.717, 1.165) is 23.9 Å². The molecule has 0 radical (unpaired) electrons. The van der Waals surface area contributed by atoms with Crippen molar-refractivity contribution in [2.45, 2.75) is 48.0 Å². The number of carbonyl (C=O) groups is 1. The Morgan fingerprint density at radius 3 is 2.04 bits per heavy atom. The summed E-state index contributed by atoms with van der Waals surface area (Å²) < 4.78 is 4.54. The molecule has 0 aliphatic heterocycles. The number of nitrogens with zero attached hydrogens (tertiary/aromatic N) is 1. The maximum atomic E-state index is 11.3. The highest BCUT2D eigenvalue weighted by Crippen LogP contribution is 2.24. The third-order valence-electron chi connectivity index (χ3n) is 3.42. The Hall–Kier alpha value is -1.75. The number of nitrogens with one attached hydrogen (secondary N) is 1. The van der Waals surface area contributed by atoms with Crippen molar-refractivity contribution in [3.05, 3.63) is 18.2 Å². The SMILES string of the molecule is CCC(C)C.CCN(C(C)=O)c1ccc(NC)c(N)c1.CCOC. The van der Waals surface area contributed by atoms with Crippen molar-refractivity contribution in [2.75, 3.05) is 43.3 Å². The number of hydrogen-bond acceptors (Lipinski definition) is 4. The third kappa shape index (κ3) is 10.9. The van der Waals surface area contributed by atoms with Crippen molar-refractivity contribution in [3.8, 4) is 0 Å². The number of hydrogen-bond donors (Lipinski definition) is 2. The number of rotatable bonds is 5. The lowest BCUT2D eigenvalue weighted by molar-refractivity contribution is -0.116. The van der Waals surface area contributed by atoms with E-state index in [-0.39, 0.29) is 5.91 Å². The Morgan fingerprint density at radius 2 is 1.79 bits per heavy atom. The molecule has 1 aromatic carbocycles. The van der Waals surface area contributed by atoms with Gasteiger partial charge in [-0.15, -0.1) is 0 Å². The summed E-state index contributed by atoms with van der Waals surface area (Å²) in [4.78, 5) is 13.0. The second-order valence-corrected chi connectivity index (χ2v) is 5.66. The van der Waals surface area contributed by atoms with Crippen LogP contribution in [0.2, 0.25) is 0 Å². The van der Waals surface area contributed by atoms with Crippen molar-refractivity contribution in [3.63, 3.8) is 0 Å². The van der Waals surface area contributed by atoms with Crippen molar-refractivity contribution in [1.82, 2.24) is 0 Å². The van der Waals surface area contributed by atoms with E-state index in [4.69, 9.17) is 5.73 Å². The number of nitrogen functional groups attached to an aromatic ring is 1. The minimum atomic E-state index is 0.0223. The molecule has 0 spiro atoms. The predicted octanol–water partition coefficient (Wildman–Crippen LogP) is 4.39. The van der Waals surface area contributed by atoms with Gasteiger partial charge in [-0.25, -0.2) is 0 Å². The molecule has 0 saturated carbocycles. The number of benzene rings is 1. The molecular weight excluding hydrogens is 302 g/mol. The zero-order valence-corrected chi connectivity index (χ0v) is 16.8. The van der Waals surface area contributed by atoms with Crippen LogP contribution in [0.5, 0.6) is 0 Å². The van der Waals surface area contributed by atoms with Gasteiger partial charge in [0.1, 0.15) is 0 Å². The molecule has 0 atom stereocenters. The lowest BCUT2D eigenvalue weighted by atomic mass is 10.2. The summed E-state index contributed by atoms with van der Waals surface area (Å²) in [5, 5.41) is 2.98. The molecule has 3 N–H and O–H groups in total. The van der Waals surface area contributed by atoms with Gasteiger partial charge in [0.15, 0.2) is 0 Å². The average molecular weight is 340 g/mol. The molecule has 1 rings (SSSR count). The largest absolute Gasteiger partial charge is 0.397 e. The van der Waals surface area contributed by atoms with Gasteiger partial charge >= 0.3 is 0 Å². The van der Waals surface area contributed by atoms with Crippen LogP contribution in [0.15, 0.2) is 18.2 Å². The van der Waals surface area contributed by atoms with Gasteiger partial charge in [0, 0.05) is 39.9 Å². The lowest BCUT2D eigenvalue weighted by Gasteiger charge is -2.20. The van der Waals surface area contributed by atoms with Gasteiger partial charge in [-0.1, -0.05) is 27.2 Å². The molecule has 24 heavy (non-hydrogen) atoms. The second-order valence-electron chi connectivity index (χ2n) is 5.66. The molecule has 0 saturated heterocycles. The van der Waals surface area contributed by atoms with E-state index in [0.29, 0.717) is 12.2 Å². The van der Waals surface area contributed by atoms with Crippen LogP contribution in [-0.4, -0.2) is 33.2 Å². The Kier molecular flexibility index (Phi) is 15.1. The number of carbonyl (C=O) groups excluding carboxylic acids is 1. The topological polar surface area (TPSA) is 67.6 Å². The van der Waals surface area contributed by atoms with Crippen LogP contribution < -0.4 is 16.0 Å². The molecule has 5 heteroatoms. The predicted molar refractivity (Wildman–Crippen MR) is 107 cm³/mol. The van der Waals surface area contributed by atoms with Crippen molar-refractivity contribution in [1.29, 1.82) is 0 Å². The minimum Gasteiger partial charge on any atom is -0.397 e. The summed E-state index contributed by atoms with van der Waals surface area (Å²) in [6.07, 6.45) is 1.31. The molecule has 0 aliphatic carbocycles. The van der Waals surface area contributed by atoms with E-state index in [1.165, 1.54) is 6.42 Å². The summed E-state index contributed by atoms with van der Waals surface area (Å²) >= 11 is 0. The van der Waals surface area contributed by atoms with Crippen LogP contribution in [0.25, 0.3) is 0 Å². The Morgan fingerprint density at radius 1 is 1.29 bits per heavy atom. The van der Waals surface area contributed by atoms with Gasteiger partial charge in [-0.05, 0) is 38.0 Å². The van der Waals surface area contributed by atoms with Gasteiger partial charge in [0.2, 0.25) is 5.91 Å².